The number of ether oxygens (including phenoxy) is 2. The third-order valence-corrected chi connectivity index (χ3v) is 6.65. The Labute approximate surface area is 231 Å². The van der Waals surface area contributed by atoms with E-state index in [2.05, 4.69) is 17.4 Å². The fraction of sp³-hybridized carbons (Fsp3) is 0.375. The van der Waals surface area contributed by atoms with Gasteiger partial charge in [0.25, 0.3) is 5.91 Å². The maximum absolute atomic E-state index is 14.6. The van der Waals surface area contributed by atoms with E-state index >= 15 is 0 Å². The van der Waals surface area contributed by atoms with Gasteiger partial charge in [0.2, 0.25) is 0 Å². The fourth-order valence-electron chi connectivity index (χ4n) is 4.65. The molecule has 0 bridgehead atoms. The van der Waals surface area contributed by atoms with E-state index in [0.717, 1.165) is 27.8 Å². The molecule has 0 saturated heterocycles. The molecule has 3 aromatic carbocycles. The van der Waals surface area contributed by atoms with E-state index in [1.54, 1.807) is 17.9 Å². The molecule has 1 amide bonds. The van der Waals surface area contributed by atoms with Crippen molar-refractivity contribution in [2.45, 2.75) is 54.0 Å². The van der Waals surface area contributed by atoms with Crippen molar-refractivity contribution in [1.29, 1.82) is 0 Å². The SMILES string of the molecule is CCOC(=O)CCc1ccc(NCc2cccc(-c3c(C)cc(OCC(=O)N(CC)CC)cc3C)c2)cc1F. The van der Waals surface area contributed by atoms with Gasteiger partial charge < -0.3 is 19.7 Å². The Kier molecular flexibility index (Phi) is 10.9. The van der Waals surface area contributed by atoms with Crippen LogP contribution in [0.25, 0.3) is 11.1 Å². The number of likely N-dealkylation sites (N-methyl/N-ethyl adjacent to an activating group) is 1. The van der Waals surface area contributed by atoms with E-state index in [-0.39, 0.29) is 30.7 Å². The van der Waals surface area contributed by atoms with Gasteiger partial charge >= 0.3 is 5.97 Å². The molecule has 3 aromatic rings. The zero-order valence-electron chi connectivity index (χ0n) is 23.6. The molecule has 0 spiro atoms. The summed E-state index contributed by atoms with van der Waals surface area (Å²) in [5.74, 6) is -0.00648. The lowest BCUT2D eigenvalue weighted by Gasteiger charge is -2.19. The summed E-state index contributed by atoms with van der Waals surface area (Å²) in [6.45, 7) is 12.0. The summed E-state index contributed by atoms with van der Waals surface area (Å²) in [7, 11) is 0. The van der Waals surface area contributed by atoms with E-state index in [0.29, 0.717) is 49.7 Å². The maximum atomic E-state index is 14.6. The van der Waals surface area contributed by atoms with Crippen LogP contribution in [0.15, 0.2) is 54.6 Å². The van der Waals surface area contributed by atoms with E-state index in [1.165, 1.54) is 6.07 Å². The standard InChI is InChI=1S/C32H39FN2O4/c1-6-35(7-2)30(36)21-39-28-16-22(4)32(23(5)17-28)26-11-9-10-24(18-26)20-34-27-14-12-25(29(33)19-27)13-15-31(37)38-8-3/h9-12,14,16-19,34H,6-8,13,15,20-21H2,1-5H3. The van der Waals surface area contributed by atoms with Crippen molar-refractivity contribution in [3.63, 3.8) is 0 Å². The second kappa shape index (κ2) is 14.3. The number of anilines is 1. The number of halogens is 1. The molecule has 39 heavy (non-hydrogen) atoms. The molecule has 0 radical (unpaired) electrons. The molecular weight excluding hydrogens is 495 g/mol. The highest BCUT2D eigenvalue weighted by molar-refractivity contribution is 5.78. The third kappa shape index (κ3) is 8.31. The Morgan fingerprint density at radius 2 is 1.67 bits per heavy atom. The summed E-state index contributed by atoms with van der Waals surface area (Å²) in [4.78, 5) is 25.6. The Balaban J connectivity index is 1.66. The minimum absolute atomic E-state index is 0.0219. The minimum Gasteiger partial charge on any atom is -0.484 e. The monoisotopic (exact) mass is 534 g/mol. The molecule has 0 aliphatic heterocycles. The number of esters is 1. The lowest BCUT2D eigenvalue weighted by molar-refractivity contribution is -0.143. The molecule has 0 atom stereocenters. The van der Waals surface area contributed by atoms with Gasteiger partial charge in [-0.25, -0.2) is 4.39 Å². The van der Waals surface area contributed by atoms with Crippen LogP contribution in [-0.4, -0.2) is 43.1 Å². The second-order valence-electron chi connectivity index (χ2n) is 9.45. The summed E-state index contributed by atoms with van der Waals surface area (Å²) < 4.78 is 25.3. The first-order valence-corrected chi connectivity index (χ1v) is 13.5. The van der Waals surface area contributed by atoms with Crippen molar-refractivity contribution in [1.82, 2.24) is 4.90 Å². The van der Waals surface area contributed by atoms with E-state index in [1.807, 2.05) is 58.0 Å². The van der Waals surface area contributed by atoms with Crippen LogP contribution in [0.5, 0.6) is 5.75 Å². The highest BCUT2D eigenvalue weighted by Gasteiger charge is 2.13. The fourth-order valence-corrected chi connectivity index (χ4v) is 4.65. The van der Waals surface area contributed by atoms with Gasteiger partial charge in [-0.1, -0.05) is 24.3 Å². The maximum Gasteiger partial charge on any atom is 0.306 e. The van der Waals surface area contributed by atoms with Gasteiger partial charge in [0.05, 0.1) is 6.61 Å². The number of aryl methyl sites for hydroxylation is 3. The minimum atomic E-state index is -0.342. The number of benzene rings is 3. The summed E-state index contributed by atoms with van der Waals surface area (Å²) in [5.41, 5.74) is 6.55. The molecule has 0 aliphatic rings. The highest BCUT2D eigenvalue weighted by Crippen LogP contribution is 2.32. The summed E-state index contributed by atoms with van der Waals surface area (Å²) in [6.07, 6.45) is 0.465. The van der Waals surface area contributed by atoms with Gasteiger partial charge in [0, 0.05) is 31.7 Å². The molecule has 208 valence electrons. The number of nitrogens with zero attached hydrogens (tertiary/aromatic N) is 1. The van der Waals surface area contributed by atoms with Crippen molar-refractivity contribution in [2.75, 3.05) is 31.6 Å². The number of hydrogen-bond donors (Lipinski definition) is 1. The number of rotatable bonds is 13. The zero-order chi connectivity index (χ0) is 28.4. The average Bonchev–Trinajstić information content (AvgIpc) is 2.91. The molecule has 0 fully saturated rings. The molecule has 0 unspecified atom stereocenters. The first kappa shape index (κ1) is 29.7. The van der Waals surface area contributed by atoms with Gasteiger partial charge in [0.15, 0.2) is 6.61 Å². The van der Waals surface area contributed by atoms with E-state index in [4.69, 9.17) is 9.47 Å². The second-order valence-corrected chi connectivity index (χ2v) is 9.45. The van der Waals surface area contributed by atoms with Crippen LogP contribution in [0.3, 0.4) is 0 Å². The Hall–Kier alpha value is -3.87. The number of nitrogens with one attached hydrogen (secondary N) is 1. The Morgan fingerprint density at radius 3 is 2.31 bits per heavy atom. The quantitative estimate of drug-likeness (QED) is 0.255. The van der Waals surface area contributed by atoms with Crippen molar-refractivity contribution in [2.24, 2.45) is 0 Å². The van der Waals surface area contributed by atoms with Crippen molar-refractivity contribution in [3.8, 4) is 16.9 Å². The van der Waals surface area contributed by atoms with E-state index in [9.17, 15) is 14.0 Å². The lowest BCUT2D eigenvalue weighted by Crippen LogP contribution is -2.34. The first-order chi connectivity index (χ1) is 18.7. The van der Waals surface area contributed by atoms with Gasteiger partial charge in [-0.15, -0.1) is 0 Å². The van der Waals surface area contributed by atoms with Crippen LogP contribution in [-0.2, 0) is 27.3 Å². The summed E-state index contributed by atoms with van der Waals surface area (Å²) in [5, 5.41) is 3.29. The van der Waals surface area contributed by atoms with Crippen molar-refractivity contribution >= 4 is 17.6 Å². The van der Waals surface area contributed by atoms with Gasteiger partial charge in [-0.2, -0.15) is 0 Å². The highest BCUT2D eigenvalue weighted by atomic mass is 19.1. The topological polar surface area (TPSA) is 67.9 Å². The largest absolute Gasteiger partial charge is 0.484 e. The first-order valence-electron chi connectivity index (χ1n) is 13.5. The van der Waals surface area contributed by atoms with E-state index < -0.39 is 0 Å². The lowest BCUT2D eigenvalue weighted by atomic mass is 9.94. The number of carbonyl (C=O) groups is 2. The molecule has 7 heteroatoms. The smallest absolute Gasteiger partial charge is 0.306 e. The van der Waals surface area contributed by atoms with Crippen LogP contribution in [0.1, 0.15) is 49.4 Å². The average molecular weight is 535 g/mol. The predicted octanol–water partition coefficient (Wildman–Crippen LogP) is 6.46. The normalized spacial score (nSPS) is 10.7. The molecular formula is C32H39FN2O4. The van der Waals surface area contributed by atoms with Crippen LogP contribution in [0.4, 0.5) is 10.1 Å². The van der Waals surface area contributed by atoms with Crippen molar-refractivity contribution in [3.05, 3.63) is 82.7 Å². The number of amides is 1. The van der Waals surface area contributed by atoms with Gasteiger partial charge in [-0.05, 0) is 105 Å². The van der Waals surface area contributed by atoms with Gasteiger partial charge in [-0.3, -0.25) is 9.59 Å². The van der Waals surface area contributed by atoms with Crippen LogP contribution >= 0.6 is 0 Å². The van der Waals surface area contributed by atoms with Gasteiger partial charge in [0.1, 0.15) is 11.6 Å². The molecule has 6 nitrogen and oxygen atoms in total. The molecule has 3 rings (SSSR count). The molecule has 0 aromatic heterocycles. The predicted molar refractivity (Wildman–Crippen MR) is 153 cm³/mol. The van der Waals surface area contributed by atoms with Crippen LogP contribution in [0, 0.1) is 19.7 Å². The molecule has 0 heterocycles. The Morgan fingerprint density at radius 1 is 0.949 bits per heavy atom. The molecule has 0 aliphatic carbocycles. The third-order valence-electron chi connectivity index (χ3n) is 6.65. The number of hydrogen-bond acceptors (Lipinski definition) is 5. The number of carbonyl (C=O) groups excluding carboxylic acids is 2. The summed E-state index contributed by atoms with van der Waals surface area (Å²) >= 11 is 0. The van der Waals surface area contributed by atoms with Crippen molar-refractivity contribution < 1.29 is 23.5 Å². The molecule has 0 saturated carbocycles. The van der Waals surface area contributed by atoms with Crippen LogP contribution in [0.2, 0.25) is 0 Å². The Bertz CT molecular complexity index is 1260. The van der Waals surface area contributed by atoms with Crippen LogP contribution < -0.4 is 10.1 Å². The zero-order valence-corrected chi connectivity index (χ0v) is 23.6. The summed E-state index contributed by atoms with van der Waals surface area (Å²) in [6, 6.07) is 17.2. The molecule has 1 N–H and O–H groups in total.